The topological polar surface area (TPSA) is 77.8 Å². The number of para-hydroxylation sites is 1. The van der Waals surface area contributed by atoms with E-state index in [1.54, 1.807) is 13.0 Å². The van der Waals surface area contributed by atoms with E-state index >= 15 is 0 Å². The first-order valence-electron chi connectivity index (χ1n) is 7.86. The Balaban J connectivity index is 1.75. The number of carbonyl (C=O) groups is 1. The Morgan fingerprint density at radius 1 is 1.04 bits per heavy atom. The first-order valence-corrected chi connectivity index (χ1v) is 7.86. The molecule has 130 valence electrons. The molecule has 0 aromatic heterocycles. The highest BCUT2D eigenvalue weighted by atomic mass is 16.6. The summed E-state index contributed by atoms with van der Waals surface area (Å²) in [6.07, 6.45) is 0. The zero-order chi connectivity index (χ0) is 17.9. The van der Waals surface area contributed by atoms with E-state index in [1.165, 1.54) is 12.1 Å². The molecule has 6 heteroatoms. The average molecular weight is 341 g/mol. The van der Waals surface area contributed by atoms with E-state index in [0.717, 1.165) is 5.75 Å². The summed E-state index contributed by atoms with van der Waals surface area (Å²) in [5, 5.41) is 8.91. The Bertz CT molecular complexity index is 724. The summed E-state index contributed by atoms with van der Waals surface area (Å²) in [6, 6.07) is 16.0. The fraction of sp³-hybridized carbons (Fsp3) is 0.263. The molecular weight excluding hydrogens is 322 g/mol. The summed E-state index contributed by atoms with van der Waals surface area (Å²) in [5.74, 6) is 0.801. The summed E-state index contributed by atoms with van der Waals surface area (Å²) in [5.41, 5.74) is 0.428. The second-order valence-electron chi connectivity index (χ2n) is 4.89. The molecule has 0 N–H and O–H groups in total. The first-order chi connectivity index (χ1) is 12.2. The van der Waals surface area contributed by atoms with Gasteiger partial charge in [0, 0.05) is 6.07 Å². The molecule has 0 radical (unpaired) electrons. The molecule has 2 aromatic rings. The van der Waals surface area contributed by atoms with Crippen molar-refractivity contribution in [3.63, 3.8) is 0 Å². The number of rotatable bonds is 9. The maximum absolute atomic E-state index is 11.8. The van der Waals surface area contributed by atoms with Crippen LogP contribution >= 0.6 is 0 Å². The molecule has 0 heterocycles. The monoisotopic (exact) mass is 341 g/mol. The second-order valence-corrected chi connectivity index (χ2v) is 4.89. The van der Waals surface area contributed by atoms with E-state index in [-0.39, 0.29) is 19.0 Å². The second kappa shape index (κ2) is 9.96. The lowest BCUT2D eigenvalue weighted by Crippen LogP contribution is -2.18. The summed E-state index contributed by atoms with van der Waals surface area (Å²) in [6.45, 7) is 2.59. The molecule has 0 aliphatic heterocycles. The molecule has 0 saturated heterocycles. The molecule has 0 amide bonds. The normalized spacial score (nSPS) is 9.92. The van der Waals surface area contributed by atoms with Crippen LogP contribution in [0.5, 0.6) is 17.2 Å². The van der Waals surface area contributed by atoms with Crippen molar-refractivity contribution in [2.75, 3.05) is 26.4 Å². The van der Waals surface area contributed by atoms with Crippen LogP contribution in [0.25, 0.3) is 0 Å². The Kier molecular flexibility index (Phi) is 7.29. The van der Waals surface area contributed by atoms with Gasteiger partial charge < -0.3 is 18.9 Å². The molecule has 6 nitrogen and oxygen atoms in total. The molecule has 0 aliphatic rings. The number of carbonyl (C=O) groups excluding carboxylic acids is 1. The van der Waals surface area contributed by atoms with Gasteiger partial charge in [-0.05, 0) is 31.2 Å². The molecule has 0 spiro atoms. The Hall–Kier alpha value is -3.04. The number of hydrogen-bond donors (Lipinski definition) is 0. The Labute approximate surface area is 146 Å². The van der Waals surface area contributed by atoms with Gasteiger partial charge in [-0.3, -0.25) is 0 Å². The smallest absolute Gasteiger partial charge is 0.337 e. The van der Waals surface area contributed by atoms with Crippen LogP contribution in [0.1, 0.15) is 12.5 Å². The molecule has 0 unspecified atom stereocenters. The average Bonchev–Trinajstić information content (AvgIpc) is 2.64. The molecule has 0 saturated carbocycles. The van der Waals surface area contributed by atoms with E-state index < -0.39 is 5.97 Å². The van der Waals surface area contributed by atoms with Crippen LogP contribution < -0.4 is 14.2 Å². The molecule has 0 bridgehead atoms. The molecule has 0 atom stereocenters. The highest BCUT2D eigenvalue weighted by Crippen LogP contribution is 2.28. The molecule has 2 aromatic carbocycles. The van der Waals surface area contributed by atoms with E-state index in [2.05, 4.69) is 0 Å². The fourth-order valence-corrected chi connectivity index (χ4v) is 1.97. The summed E-state index contributed by atoms with van der Waals surface area (Å²) in [4.78, 5) is 11.8. The number of benzene rings is 2. The maximum atomic E-state index is 11.8. The van der Waals surface area contributed by atoms with Gasteiger partial charge in [0.25, 0.3) is 0 Å². The van der Waals surface area contributed by atoms with Gasteiger partial charge in [-0.1, -0.05) is 18.2 Å². The number of nitrogens with zero attached hydrogens (tertiary/aromatic N) is 1. The molecular formula is C19H19NO5. The fourth-order valence-electron chi connectivity index (χ4n) is 1.97. The van der Waals surface area contributed by atoms with Gasteiger partial charge >= 0.3 is 5.97 Å². The van der Waals surface area contributed by atoms with Crippen LogP contribution in [0.4, 0.5) is 0 Å². The van der Waals surface area contributed by atoms with Gasteiger partial charge in [-0.2, -0.15) is 5.26 Å². The summed E-state index contributed by atoms with van der Waals surface area (Å²) >= 11 is 0. The van der Waals surface area contributed by atoms with Gasteiger partial charge in [0.1, 0.15) is 19.0 Å². The minimum absolute atomic E-state index is 0.205. The van der Waals surface area contributed by atoms with E-state index in [9.17, 15) is 4.79 Å². The largest absolute Gasteiger partial charge is 0.491 e. The zero-order valence-electron chi connectivity index (χ0n) is 13.9. The number of hydrogen-bond acceptors (Lipinski definition) is 6. The Morgan fingerprint density at radius 3 is 2.56 bits per heavy atom. The van der Waals surface area contributed by atoms with Crippen molar-refractivity contribution in [2.24, 2.45) is 0 Å². The first kappa shape index (κ1) is 18.3. The summed E-state index contributed by atoms with van der Waals surface area (Å²) in [7, 11) is 0. The predicted molar refractivity (Wildman–Crippen MR) is 90.7 cm³/mol. The number of nitriles is 1. The van der Waals surface area contributed by atoms with Crippen LogP contribution in [0.15, 0.2) is 48.5 Å². The van der Waals surface area contributed by atoms with Crippen molar-refractivity contribution in [1.82, 2.24) is 0 Å². The highest BCUT2D eigenvalue weighted by Gasteiger charge is 2.11. The third kappa shape index (κ3) is 6.16. The van der Waals surface area contributed by atoms with Crippen molar-refractivity contribution in [3.8, 4) is 23.3 Å². The van der Waals surface area contributed by atoms with Crippen LogP contribution in [0.2, 0.25) is 0 Å². The van der Waals surface area contributed by atoms with Gasteiger partial charge in [-0.25, -0.2) is 4.79 Å². The number of esters is 1. The minimum atomic E-state index is -0.551. The van der Waals surface area contributed by atoms with Gasteiger partial charge in [0.2, 0.25) is 0 Å². The van der Waals surface area contributed by atoms with Crippen LogP contribution in [0, 0.1) is 11.3 Å². The molecule has 0 fully saturated rings. The zero-order valence-corrected chi connectivity index (χ0v) is 13.9. The molecule has 0 aliphatic carbocycles. The predicted octanol–water partition coefficient (Wildman–Crippen LogP) is 2.96. The lowest BCUT2D eigenvalue weighted by molar-refractivity contribution is -0.139. The lowest BCUT2D eigenvalue weighted by Gasteiger charge is -2.11. The van der Waals surface area contributed by atoms with E-state index in [0.29, 0.717) is 24.5 Å². The van der Waals surface area contributed by atoms with Gasteiger partial charge in [-0.15, -0.1) is 0 Å². The number of ether oxygens (including phenoxy) is 4. The Morgan fingerprint density at radius 2 is 1.84 bits per heavy atom. The van der Waals surface area contributed by atoms with Gasteiger partial charge in [0.05, 0.1) is 24.8 Å². The SMILES string of the molecule is CCOc1cc(C#N)ccc1OC(=O)COCCOc1ccccc1. The highest BCUT2D eigenvalue weighted by molar-refractivity contribution is 5.74. The van der Waals surface area contributed by atoms with Gasteiger partial charge in [0.15, 0.2) is 11.5 Å². The lowest BCUT2D eigenvalue weighted by atomic mass is 10.2. The van der Waals surface area contributed by atoms with Crippen LogP contribution in [0.3, 0.4) is 0 Å². The van der Waals surface area contributed by atoms with Crippen molar-refractivity contribution in [1.29, 1.82) is 5.26 Å². The van der Waals surface area contributed by atoms with Crippen molar-refractivity contribution in [2.45, 2.75) is 6.92 Å². The minimum Gasteiger partial charge on any atom is -0.491 e. The van der Waals surface area contributed by atoms with Crippen molar-refractivity contribution < 1.29 is 23.7 Å². The maximum Gasteiger partial charge on any atom is 0.337 e. The van der Waals surface area contributed by atoms with E-state index in [4.69, 9.17) is 24.2 Å². The molecule has 25 heavy (non-hydrogen) atoms. The van der Waals surface area contributed by atoms with Crippen molar-refractivity contribution >= 4 is 5.97 Å². The quantitative estimate of drug-likeness (QED) is 0.396. The van der Waals surface area contributed by atoms with Crippen molar-refractivity contribution in [3.05, 3.63) is 54.1 Å². The molecule has 2 rings (SSSR count). The standard InChI is InChI=1S/C19H19NO5/c1-2-23-18-12-15(13-20)8-9-17(18)25-19(21)14-22-10-11-24-16-6-4-3-5-7-16/h3-9,12H,2,10-11,14H2,1H3. The van der Waals surface area contributed by atoms with E-state index in [1.807, 2.05) is 36.4 Å². The third-order valence-electron chi connectivity index (χ3n) is 3.06. The van der Waals surface area contributed by atoms with Crippen LogP contribution in [-0.4, -0.2) is 32.4 Å². The third-order valence-corrected chi connectivity index (χ3v) is 3.06. The van der Waals surface area contributed by atoms with Crippen LogP contribution in [-0.2, 0) is 9.53 Å². The summed E-state index contributed by atoms with van der Waals surface area (Å²) < 4.78 is 21.3.